The third-order valence-corrected chi connectivity index (χ3v) is 3.87. The van der Waals surface area contributed by atoms with Crippen molar-refractivity contribution in [3.63, 3.8) is 0 Å². The van der Waals surface area contributed by atoms with Crippen molar-refractivity contribution in [2.45, 2.75) is 6.92 Å². The van der Waals surface area contributed by atoms with E-state index in [1.807, 2.05) is 6.92 Å². The summed E-state index contributed by atoms with van der Waals surface area (Å²) in [6, 6.07) is 1.45. The van der Waals surface area contributed by atoms with E-state index in [-0.39, 0.29) is 34.2 Å². The predicted molar refractivity (Wildman–Crippen MR) is 67.0 cm³/mol. The maximum Gasteiger partial charge on any atom is 0.308 e. The van der Waals surface area contributed by atoms with Crippen molar-refractivity contribution in [3.05, 3.63) is 21.9 Å². The molecule has 1 aromatic rings. The number of aromatic amines is 1. The maximum atomic E-state index is 12.1. The van der Waals surface area contributed by atoms with Crippen LogP contribution in [0.3, 0.4) is 0 Å². The smallest absolute Gasteiger partial charge is 0.308 e. The van der Waals surface area contributed by atoms with Crippen LogP contribution in [0, 0.1) is 11.8 Å². The van der Waals surface area contributed by atoms with Gasteiger partial charge in [0, 0.05) is 13.1 Å². The summed E-state index contributed by atoms with van der Waals surface area (Å²) in [5, 5.41) is 9.50. The number of carboxylic acid groups (broad SMARTS) is 1. The van der Waals surface area contributed by atoms with Crippen LogP contribution >= 0.6 is 23.2 Å². The highest BCUT2D eigenvalue weighted by Crippen LogP contribution is 2.27. The van der Waals surface area contributed by atoms with Gasteiger partial charge in [-0.3, -0.25) is 9.59 Å². The first-order valence-electron chi connectivity index (χ1n) is 5.46. The molecule has 1 amide bonds. The number of nitrogens with one attached hydrogen (secondary N) is 1. The van der Waals surface area contributed by atoms with Crippen molar-refractivity contribution in [1.29, 1.82) is 0 Å². The van der Waals surface area contributed by atoms with Crippen LogP contribution in [-0.4, -0.2) is 40.0 Å². The average molecular weight is 291 g/mol. The molecule has 18 heavy (non-hydrogen) atoms. The number of hydrogen-bond donors (Lipinski definition) is 2. The quantitative estimate of drug-likeness (QED) is 0.876. The van der Waals surface area contributed by atoms with Crippen LogP contribution in [0.25, 0.3) is 0 Å². The molecular formula is C11H12Cl2N2O3. The van der Waals surface area contributed by atoms with Crippen LogP contribution in [0.2, 0.25) is 10.2 Å². The molecule has 98 valence electrons. The van der Waals surface area contributed by atoms with E-state index >= 15 is 0 Å². The zero-order valence-electron chi connectivity index (χ0n) is 9.61. The van der Waals surface area contributed by atoms with Crippen molar-refractivity contribution in [2.24, 2.45) is 11.8 Å². The Labute approximate surface area is 114 Å². The molecule has 1 aromatic heterocycles. The number of hydrogen-bond acceptors (Lipinski definition) is 2. The van der Waals surface area contributed by atoms with Crippen LogP contribution in [0.4, 0.5) is 0 Å². The van der Waals surface area contributed by atoms with E-state index in [1.165, 1.54) is 11.0 Å². The number of likely N-dealkylation sites (tertiary alicyclic amines) is 1. The number of amides is 1. The molecule has 1 fully saturated rings. The van der Waals surface area contributed by atoms with Crippen LogP contribution in [0.1, 0.15) is 17.4 Å². The number of halogens is 2. The second-order valence-corrected chi connectivity index (χ2v) is 5.26. The van der Waals surface area contributed by atoms with Gasteiger partial charge in [0.25, 0.3) is 5.91 Å². The van der Waals surface area contributed by atoms with Crippen molar-refractivity contribution in [2.75, 3.05) is 13.1 Å². The molecule has 1 aliphatic rings. The fourth-order valence-electron chi connectivity index (χ4n) is 2.14. The molecule has 0 saturated carbocycles. The van der Waals surface area contributed by atoms with E-state index in [0.717, 1.165) is 0 Å². The summed E-state index contributed by atoms with van der Waals surface area (Å²) in [6.45, 7) is 2.45. The number of rotatable bonds is 2. The summed E-state index contributed by atoms with van der Waals surface area (Å²) >= 11 is 11.5. The van der Waals surface area contributed by atoms with E-state index in [4.69, 9.17) is 28.3 Å². The van der Waals surface area contributed by atoms with Gasteiger partial charge in [-0.05, 0) is 12.0 Å². The minimum atomic E-state index is -0.875. The molecule has 0 unspecified atom stereocenters. The van der Waals surface area contributed by atoms with Gasteiger partial charge >= 0.3 is 5.97 Å². The molecule has 5 nitrogen and oxygen atoms in total. The van der Waals surface area contributed by atoms with Crippen LogP contribution < -0.4 is 0 Å². The van der Waals surface area contributed by atoms with Crippen molar-refractivity contribution < 1.29 is 14.7 Å². The Hall–Kier alpha value is -1.20. The Bertz CT molecular complexity index is 481. The largest absolute Gasteiger partial charge is 0.481 e. The van der Waals surface area contributed by atoms with Crippen LogP contribution in [0.5, 0.6) is 0 Å². The number of H-pyrrole nitrogens is 1. The van der Waals surface area contributed by atoms with Crippen LogP contribution in [0.15, 0.2) is 6.07 Å². The SMILES string of the molecule is C[C@@H]1CN(C(=O)c2cc(Cl)c(Cl)[nH]2)C[C@H]1C(=O)O. The molecule has 1 aliphatic heterocycles. The van der Waals surface area contributed by atoms with E-state index in [2.05, 4.69) is 4.98 Å². The Morgan fingerprint density at radius 1 is 1.44 bits per heavy atom. The second kappa shape index (κ2) is 4.82. The lowest BCUT2D eigenvalue weighted by atomic mass is 9.99. The highest BCUT2D eigenvalue weighted by molar-refractivity contribution is 6.41. The highest BCUT2D eigenvalue weighted by atomic mass is 35.5. The minimum absolute atomic E-state index is 0.0626. The summed E-state index contributed by atoms with van der Waals surface area (Å²) in [6.07, 6.45) is 0. The van der Waals surface area contributed by atoms with Gasteiger partial charge in [-0.2, -0.15) is 0 Å². The van der Waals surface area contributed by atoms with Crippen molar-refractivity contribution in [3.8, 4) is 0 Å². The van der Waals surface area contributed by atoms with E-state index in [9.17, 15) is 9.59 Å². The van der Waals surface area contributed by atoms with Gasteiger partial charge in [0.1, 0.15) is 10.8 Å². The van der Waals surface area contributed by atoms with E-state index in [0.29, 0.717) is 6.54 Å². The molecular weight excluding hydrogens is 279 g/mol. The van der Waals surface area contributed by atoms with Crippen LogP contribution in [-0.2, 0) is 4.79 Å². The monoisotopic (exact) mass is 290 g/mol. The number of aromatic nitrogens is 1. The maximum absolute atomic E-state index is 12.1. The molecule has 0 radical (unpaired) electrons. The van der Waals surface area contributed by atoms with Crippen molar-refractivity contribution in [1.82, 2.24) is 9.88 Å². The first-order valence-corrected chi connectivity index (χ1v) is 6.22. The molecule has 2 heterocycles. The first-order chi connectivity index (χ1) is 8.40. The molecule has 0 bridgehead atoms. The Morgan fingerprint density at radius 3 is 2.56 bits per heavy atom. The molecule has 2 atom stereocenters. The van der Waals surface area contributed by atoms with Crippen molar-refractivity contribution >= 4 is 35.1 Å². The van der Waals surface area contributed by atoms with Gasteiger partial charge in [0.2, 0.25) is 0 Å². The highest BCUT2D eigenvalue weighted by Gasteiger charge is 2.37. The lowest BCUT2D eigenvalue weighted by Gasteiger charge is -2.14. The minimum Gasteiger partial charge on any atom is -0.481 e. The lowest BCUT2D eigenvalue weighted by molar-refractivity contribution is -0.142. The number of carboxylic acids is 1. The molecule has 1 saturated heterocycles. The zero-order chi connectivity index (χ0) is 13.4. The predicted octanol–water partition coefficient (Wildman–Crippen LogP) is 2.11. The molecule has 2 N–H and O–H groups in total. The summed E-state index contributed by atoms with van der Waals surface area (Å²) in [7, 11) is 0. The standard InChI is InChI=1S/C11H12Cl2N2O3/c1-5-3-15(4-6(5)11(17)18)10(16)8-2-7(12)9(13)14-8/h2,5-6,14H,3-4H2,1H3,(H,17,18)/t5-,6-/m1/s1. The Morgan fingerprint density at radius 2 is 2.11 bits per heavy atom. The van der Waals surface area contributed by atoms with Gasteiger partial charge in [-0.15, -0.1) is 0 Å². The first kappa shape index (κ1) is 13.2. The summed E-state index contributed by atoms with van der Waals surface area (Å²) < 4.78 is 0. The molecule has 2 rings (SSSR count). The van der Waals surface area contributed by atoms with Gasteiger partial charge in [-0.1, -0.05) is 30.1 Å². The van der Waals surface area contributed by atoms with E-state index in [1.54, 1.807) is 0 Å². The van der Waals surface area contributed by atoms with Gasteiger partial charge in [0.15, 0.2) is 0 Å². The lowest BCUT2D eigenvalue weighted by Crippen LogP contribution is -2.30. The molecule has 0 aromatic carbocycles. The fourth-order valence-corrected chi connectivity index (χ4v) is 2.46. The van der Waals surface area contributed by atoms with Gasteiger partial charge in [0.05, 0.1) is 10.9 Å². The fraction of sp³-hybridized carbons (Fsp3) is 0.455. The van der Waals surface area contributed by atoms with E-state index < -0.39 is 11.9 Å². The third-order valence-electron chi connectivity index (χ3n) is 3.17. The molecule has 0 aliphatic carbocycles. The van der Waals surface area contributed by atoms with Gasteiger partial charge < -0.3 is 15.0 Å². The number of aliphatic carboxylic acids is 1. The topological polar surface area (TPSA) is 73.4 Å². The second-order valence-electron chi connectivity index (χ2n) is 4.48. The Kier molecular flexibility index (Phi) is 3.54. The number of carbonyl (C=O) groups excluding carboxylic acids is 1. The number of carbonyl (C=O) groups is 2. The zero-order valence-corrected chi connectivity index (χ0v) is 11.1. The normalized spacial score (nSPS) is 23.4. The van der Waals surface area contributed by atoms with Gasteiger partial charge in [-0.25, -0.2) is 0 Å². The summed E-state index contributed by atoms with van der Waals surface area (Å²) in [5.41, 5.74) is 0.281. The third kappa shape index (κ3) is 2.33. The Balaban J connectivity index is 2.14. The average Bonchev–Trinajstić information content (AvgIpc) is 2.82. The summed E-state index contributed by atoms with van der Waals surface area (Å²) in [4.78, 5) is 27.3. The summed E-state index contributed by atoms with van der Waals surface area (Å²) in [5.74, 6) is -1.73. The molecule has 7 heteroatoms. The number of nitrogens with zero attached hydrogens (tertiary/aromatic N) is 1. The molecule has 0 spiro atoms.